The molecule has 60 valence electrons. The van der Waals surface area contributed by atoms with E-state index in [-0.39, 0.29) is 0 Å². The first-order valence-corrected chi connectivity index (χ1v) is 3.94. The van der Waals surface area contributed by atoms with Crippen LogP contribution in [0.3, 0.4) is 0 Å². The molecule has 1 aliphatic rings. The monoisotopic (exact) mass is 152 g/mol. The van der Waals surface area contributed by atoms with Gasteiger partial charge >= 0.3 is 0 Å². The van der Waals surface area contributed by atoms with Crippen LogP contribution in [0.4, 0.5) is 5.95 Å². The highest BCUT2D eigenvalue weighted by Gasteiger charge is 2.30. The van der Waals surface area contributed by atoms with Gasteiger partial charge in [-0.05, 0) is 25.7 Å². The van der Waals surface area contributed by atoms with Crippen molar-refractivity contribution in [2.75, 3.05) is 5.73 Å². The summed E-state index contributed by atoms with van der Waals surface area (Å²) in [4.78, 5) is 3.88. The molecule has 1 aliphatic carbocycles. The number of nitrogens with two attached hydrogens (primary N) is 1. The molecule has 1 aromatic heterocycles. The molecular weight excluding hydrogens is 140 g/mol. The summed E-state index contributed by atoms with van der Waals surface area (Å²) in [5.74, 6) is 1.31. The van der Waals surface area contributed by atoms with E-state index >= 15 is 0 Å². The number of rotatable bonds is 2. The SMILES string of the molecule is C[C@H](C1CC1)n1ncnc1N. The number of nitrogen functional groups attached to an aromatic ring is 1. The van der Waals surface area contributed by atoms with Crippen molar-refractivity contribution in [3.63, 3.8) is 0 Å². The van der Waals surface area contributed by atoms with Gasteiger partial charge in [-0.1, -0.05) is 0 Å². The molecule has 0 bridgehead atoms. The Labute approximate surface area is 65.4 Å². The third kappa shape index (κ3) is 1.08. The lowest BCUT2D eigenvalue weighted by atomic mass is 10.2. The molecule has 2 N–H and O–H groups in total. The first-order valence-electron chi connectivity index (χ1n) is 3.94. The Balaban J connectivity index is 2.20. The molecule has 0 amide bonds. The molecule has 4 nitrogen and oxygen atoms in total. The van der Waals surface area contributed by atoms with Crippen molar-refractivity contribution in [1.29, 1.82) is 0 Å². The molecular formula is C7H12N4. The smallest absolute Gasteiger partial charge is 0.218 e. The number of hydrogen-bond donors (Lipinski definition) is 1. The first kappa shape index (κ1) is 6.64. The van der Waals surface area contributed by atoms with E-state index in [1.54, 1.807) is 4.68 Å². The fourth-order valence-corrected chi connectivity index (χ4v) is 1.35. The summed E-state index contributed by atoms with van der Waals surface area (Å²) in [6.45, 7) is 2.14. The minimum absolute atomic E-state index is 0.428. The van der Waals surface area contributed by atoms with Gasteiger partial charge < -0.3 is 5.73 Å². The Hall–Kier alpha value is -1.06. The van der Waals surface area contributed by atoms with Gasteiger partial charge in [0.1, 0.15) is 6.33 Å². The summed E-state index contributed by atoms with van der Waals surface area (Å²) in [7, 11) is 0. The quantitative estimate of drug-likeness (QED) is 0.683. The average Bonchev–Trinajstić information content (AvgIpc) is 2.74. The van der Waals surface area contributed by atoms with Crippen LogP contribution in [-0.4, -0.2) is 14.8 Å². The lowest BCUT2D eigenvalue weighted by Crippen LogP contribution is -2.11. The molecule has 1 fully saturated rings. The van der Waals surface area contributed by atoms with Crippen LogP contribution in [0.2, 0.25) is 0 Å². The molecule has 1 heterocycles. The molecule has 11 heavy (non-hydrogen) atoms. The van der Waals surface area contributed by atoms with E-state index in [0.29, 0.717) is 12.0 Å². The molecule has 0 unspecified atom stereocenters. The molecule has 0 saturated heterocycles. The van der Waals surface area contributed by atoms with Crippen LogP contribution in [0, 0.1) is 5.92 Å². The van der Waals surface area contributed by atoms with Crippen LogP contribution in [0.1, 0.15) is 25.8 Å². The van der Waals surface area contributed by atoms with Gasteiger partial charge in [-0.25, -0.2) is 9.67 Å². The van der Waals surface area contributed by atoms with Gasteiger partial charge in [0, 0.05) is 0 Å². The van der Waals surface area contributed by atoms with E-state index < -0.39 is 0 Å². The number of nitrogens with zero attached hydrogens (tertiary/aromatic N) is 3. The standard InChI is InChI=1S/C7H12N4/c1-5(6-2-3-6)11-7(8)9-4-10-11/h4-6H,2-3H2,1H3,(H2,8,9,10)/t5-/m1/s1. The molecule has 0 aliphatic heterocycles. The minimum Gasteiger partial charge on any atom is -0.368 e. The van der Waals surface area contributed by atoms with Crippen molar-refractivity contribution >= 4 is 5.95 Å². The van der Waals surface area contributed by atoms with Gasteiger partial charge in [-0.3, -0.25) is 0 Å². The summed E-state index contributed by atoms with van der Waals surface area (Å²) in [6.07, 6.45) is 4.12. The van der Waals surface area contributed by atoms with Crippen molar-refractivity contribution in [3.05, 3.63) is 6.33 Å². The Morgan fingerprint density at radius 1 is 1.73 bits per heavy atom. The van der Waals surface area contributed by atoms with E-state index in [0.717, 1.165) is 5.92 Å². The predicted molar refractivity (Wildman–Crippen MR) is 41.9 cm³/mol. The Morgan fingerprint density at radius 3 is 2.91 bits per heavy atom. The zero-order valence-electron chi connectivity index (χ0n) is 6.57. The van der Waals surface area contributed by atoms with Crippen molar-refractivity contribution in [2.24, 2.45) is 5.92 Å². The zero-order valence-corrected chi connectivity index (χ0v) is 6.57. The van der Waals surface area contributed by atoms with Crippen molar-refractivity contribution in [3.8, 4) is 0 Å². The number of anilines is 1. The first-order chi connectivity index (χ1) is 5.29. The van der Waals surface area contributed by atoms with Gasteiger partial charge in [0.15, 0.2) is 0 Å². The van der Waals surface area contributed by atoms with Gasteiger partial charge in [0.2, 0.25) is 5.95 Å². The van der Waals surface area contributed by atoms with Gasteiger partial charge in [0.25, 0.3) is 0 Å². The normalized spacial score (nSPS) is 20.1. The van der Waals surface area contributed by atoms with E-state index in [1.807, 2.05) is 0 Å². The second-order valence-electron chi connectivity index (χ2n) is 3.14. The fraction of sp³-hybridized carbons (Fsp3) is 0.714. The topological polar surface area (TPSA) is 56.7 Å². The highest BCUT2D eigenvalue weighted by molar-refractivity contribution is 5.14. The molecule has 1 aromatic rings. The molecule has 0 spiro atoms. The van der Waals surface area contributed by atoms with E-state index in [2.05, 4.69) is 17.0 Å². The Morgan fingerprint density at radius 2 is 2.45 bits per heavy atom. The maximum Gasteiger partial charge on any atom is 0.218 e. The molecule has 2 rings (SSSR count). The highest BCUT2D eigenvalue weighted by atomic mass is 15.4. The van der Waals surface area contributed by atoms with Crippen molar-refractivity contribution in [2.45, 2.75) is 25.8 Å². The van der Waals surface area contributed by atoms with E-state index in [1.165, 1.54) is 19.2 Å². The van der Waals surface area contributed by atoms with Gasteiger partial charge in [0.05, 0.1) is 6.04 Å². The van der Waals surface area contributed by atoms with Gasteiger partial charge in [-0.2, -0.15) is 5.10 Å². The summed E-state index contributed by atoms with van der Waals surface area (Å²) in [5.41, 5.74) is 5.60. The summed E-state index contributed by atoms with van der Waals surface area (Å²) < 4.78 is 1.80. The Bertz CT molecular complexity index is 251. The fourth-order valence-electron chi connectivity index (χ4n) is 1.35. The second-order valence-corrected chi connectivity index (χ2v) is 3.14. The highest BCUT2D eigenvalue weighted by Crippen LogP contribution is 2.39. The zero-order chi connectivity index (χ0) is 7.84. The van der Waals surface area contributed by atoms with Gasteiger partial charge in [-0.15, -0.1) is 0 Å². The second kappa shape index (κ2) is 2.22. The molecule has 1 atom stereocenters. The molecule has 0 radical (unpaired) electrons. The van der Waals surface area contributed by atoms with Crippen molar-refractivity contribution < 1.29 is 0 Å². The summed E-state index contributed by atoms with van der Waals surface area (Å²) >= 11 is 0. The maximum absolute atomic E-state index is 5.60. The minimum atomic E-state index is 0.428. The number of aromatic nitrogens is 3. The van der Waals surface area contributed by atoms with Crippen LogP contribution in [-0.2, 0) is 0 Å². The Kier molecular flexibility index (Phi) is 1.34. The average molecular weight is 152 g/mol. The molecule has 1 saturated carbocycles. The third-order valence-electron chi connectivity index (χ3n) is 2.29. The van der Waals surface area contributed by atoms with E-state index in [4.69, 9.17) is 5.73 Å². The lowest BCUT2D eigenvalue weighted by molar-refractivity contribution is 0.445. The predicted octanol–water partition coefficient (Wildman–Crippen LogP) is 0.831. The largest absolute Gasteiger partial charge is 0.368 e. The lowest BCUT2D eigenvalue weighted by Gasteiger charge is -2.10. The number of hydrogen-bond acceptors (Lipinski definition) is 3. The van der Waals surface area contributed by atoms with Crippen LogP contribution >= 0.6 is 0 Å². The molecule has 4 heteroatoms. The van der Waals surface area contributed by atoms with Crippen LogP contribution in [0.25, 0.3) is 0 Å². The summed E-state index contributed by atoms with van der Waals surface area (Å²) in [5, 5.41) is 4.06. The summed E-state index contributed by atoms with van der Waals surface area (Å²) in [6, 6.07) is 0.428. The van der Waals surface area contributed by atoms with Crippen LogP contribution < -0.4 is 5.73 Å². The van der Waals surface area contributed by atoms with Crippen LogP contribution in [0.5, 0.6) is 0 Å². The third-order valence-corrected chi connectivity index (χ3v) is 2.29. The van der Waals surface area contributed by atoms with Crippen molar-refractivity contribution in [1.82, 2.24) is 14.8 Å². The van der Waals surface area contributed by atoms with Crippen LogP contribution in [0.15, 0.2) is 6.33 Å². The van der Waals surface area contributed by atoms with E-state index in [9.17, 15) is 0 Å². The molecule has 0 aromatic carbocycles. The maximum atomic E-state index is 5.60.